The fraction of sp³-hybridized carbons (Fsp3) is 0. The molecule has 1 amide bonds. The number of halogens is 1. The van der Waals surface area contributed by atoms with E-state index in [2.05, 4.69) is 20.5 Å². The molecule has 0 atom stereocenters. The molecule has 0 aliphatic heterocycles. The standard InChI is InChI=1S/C10H7ClN4O/c11-8-2-1-4-12-9(8)15-10(16)7-3-5-13-14-6-7/h1-6H,(H,12,15,16). The van der Waals surface area contributed by atoms with Gasteiger partial charge in [0, 0.05) is 6.20 Å². The van der Waals surface area contributed by atoms with Crippen LogP contribution in [0.4, 0.5) is 5.82 Å². The van der Waals surface area contributed by atoms with Crippen LogP contribution in [0.2, 0.25) is 5.02 Å². The average Bonchev–Trinajstić information content (AvgIpc) is 2.33. The summed E-state index contributed by atoms with van der Waals surface area (Å²) >= 11 is 5.85. The van der Waals surface area contributed by atoms with Gasteiger partial charge < -0.3 is 5.32 Å². The number of nitrogens with one attached hydrogen (secondary N) is 1. The summed E-state index contributed by atoms with van der Waals surface area (Å²) in [5.74, 6) is 0.00137. The van der Waals surface area contributed by atoms with Crippen LogP contribution >= 0.6 is 11.6 Å². The first kappa shape index (κ1) is 10.5. The lowest BCUT2D eigenvalue weighted by Gasteiger charge is -2.04. The second-order valence-electron chi connectivity index (χ2n) is 2.92. The van der Waals surface area contributed by atoms with Crippen LogP contribution in [0.15, 0.2) is 36.8 Å². The van der Waals surface area contributed by atoms with Crippen LogP contribution < -0.4 is 5.32 Å². The van der Waals surface area contributed by atoms with Crippen molar-refractivity contribution in [1.82, 2.24) is 15.2 Å². The molecule has 0 bridgehead atoms. The lowest BCUT2D eigenvalue weighted by molar-refractivity contribution is 0.102. The van der Waals surface area contributed by atoms with Crippen LogP contribution in [-0.2, 0) is 0 Å². The molecule has 80 valence electrons. The number of amides is 1. The summed E-state index contributed by atoms with van der Waals surface area (Å²) in [6, 6.07) is 4.89. The summed E-state index contributed by atoms with van der Waals surface area (Å²) in [4.78, 5) is 15.6. The Kier molecular flexibility index (Phi) is 3.07. The third-order valence-electron chi connectivity index (χ3n) is 1.84. The molecule has 0 aliphatic rings. The van der Waals surface area contributed by atoms with Gasteiger partial charge in [-0.15, -0.1) is 0 Å². The van der Waals surface area contributed by atoms with E-state index in [0.29, 0.717) is 16.4 Å². The molecule has 0 aromatic carbocycles. The summed E-state index contributed by atoms with van der Waals surface area (Å²) in [6.07, 6.45) is 4.35. The van der Waals surface area contributed by atoms with E-state index in [1.165, 1.54) is 12.4 Å². The minimum Gasteiger partial charge on any atom is -0.305 e. The van der Waals surface area contributed by atoms with Crippen molar-refractivity contribution in [1.29, 1.82) is 0 Å². The number of nitrogens with zero attached hydrogens (tertiary/aromatic N) is 3. The van der Waals surface area contributed by atoms with E-state index in [9.17, 15) is 4.79 Å². The number of aromatic nitrogens is 3. The first-order valence-corrected chi connectivity index (χ1v) is 4.84. The molecule has 6 heteroatoms. The van der Waals surface area contributed by atoms with Gasteiger partial charge in [0.1, 0.15) is 0 Å². The van der Waals surface area contributed by atoms with Gasteiger partial charge in [-0.1, -0.05) is 11.6 Å². The minimum absolute atomic E-state index is 0.324. The van der Waals surface area contributed by atoms with E-state index in [1.807, 2.05) is 0 Å². The molecule has 0 fully saturated rings. The monoisotopic (exact) mass is 234 g/mol. The predicted molar refractivity (Wildman–Crippen MR) is 59.2 cm³/mol. The molecule has 2 aromatic rings. The highest BCUT2D eigenvalue weighted by Gasteiger charge is 2.08. The topological polar surface area (TPSA) is 67.8 Å². The van der Waals surface area contributed by atoms with Crippen LogP contribution in [0.1, 0.15) is 10.4 Å². The number of hydrogen-bond donors (Lipinski definition) is 1. The van der Waals surface area contributed by atoms with E-state index in [-0.39, 0.29) is 5.91 Å². The maximum absolute atomic E-state index is 11.7. The minimum atomic E-state index is -0.324. The summed E-state index contributed by atoms with van der Waals surface area (Å²) < 4.78 is 0. The predicted octanol–water partition coefficient (Wildman–Crippen LogP) is 1.78. The van der Waals surface area contributed by atoms with Crippen LogP contribution in [0.25, 0.3) is 0 Å². The molecular weight excluding hydrogens is 228 g/mol. The number of rotatable bonds is 2. The van der Waals surface area contributed by atoms with Crippen LogP contribution in [-0.4, -0.2) is 21.1 Å². The fourth-order valence-electron chi connectivity index (χ4n) is 1.08. The van der Waals surface area contributed by atoms with Gasteiger partial charge in [0.2, 0.25) is 0 Å². The number of hydrogen-bond acceptors (Lipinski definition) is 4. The molecule has 0 saturated carbocycles. The van der Waals surface area contributed by atoms with Gasteiger partial charge in [-0.25, -0.2) is 4.98 Å². The third-order valence-corrected chi connectivity index (χ3v) is 2.14. The van der Waals surface area contributed by atoms with Gasteiger partial charge in [-0.3, -0.25) is 4.79 Å². The Morgan fingerprint density at radius 3 is 2.81 bits per heavy atom. The third kappa shape index (κ3) is 2.32. The summed E-state index contributed by atoms with van der Waals surface area (Å²) in [7, 11) is 0. The highest BCUT2D eigenvalue weighted by molar-refractivity contribution is 6.33. The lowest BCUT2D eigenvalue weighted by Crippen LogP contribution is -2.13. The van der Waals surface area contributed by atoms with E-state index >= 15 is 0 Å². The van der Waals surface area contributed by atoms with E-state index in [4.69, 9.17) is 11.6 Å². The zero-order valence-electron chi connectivity index (χ0n) is 8.09. The molecule has 0 saturated heterocycles. The molecule has 5 nitrogen and oxygen atoms in total. The molecule has 2 heterocycles. The summed E-state index contributed by atoms with van der Waals surface area (Å²) in [5.41, 5.74) is 0.400. The molecule has 0 unspecified atom stereocenters. The first-order chi connectivity index (χ1) is 7.77. The SMILES string of the molecule is O=C(Nc1ncccc1Cl)c1ccnnc1. The number of pyridine rings is 1. The number of carbonyl (C=O) groups excluding carboxylic acids is 1. The second kappa shape index (κ2) is 4.67. The quantitative estimate of drug-likeness (QED) is 0.860. The van der Waals surface area contributed by atoms with E-state index in [0.717, 1.165) is 0 Å². The van der Waals surface area contributed by atoms with Crippen molar-refractivity contribution in [3.05, 3.63) is 47.4 Å². The zero-order chi connectivity index (χ0) is 11.4. The molecule has 2 rings (SSSR count). The Labute approximate surface area is 96.5 Å². The van der Waals surface area contributed by atoms with Crippen molar-refractivity contribution in [3.63, 3.8) is 0 Å². The average molecular weight is 235 g/mol. The highest BCUT2D eigenvalue weighted by atomic mass is 35.5. The smallest absolute Gasteiger partial charge is 0.258 e. The fourth-order valence-corrected chi connectivity index (χ4v) is 1.25. The van der Waals surface area contributed by atoms with Gasteiger partial charge in [0.05, 0.1) is 23.0 Å². The molecule has 2 aromatic heterocycles. The maximum Gasteiger partial charge on any atom is 0.258 e. The van der Waals surface area contributed by atoms with Gasteiger partial charge in [-0.05, 0) is 18.2 Å². The molecule has 1 N–H and O–H groups in total. The molecule has 0 spiro atoms. The van der Waals surface area contributed by atoms with E-state index < -0.39 is 0 Å². The van der Waals surface area contributed by atoms with Gasteiger partial charge in [-0.2, -0.15) is 10.2 Å². The van der Waals surface area contributed by atoms with Crippen molar-refractivity contribution >= 4 is 23.3 Å². The van der Waals surface area contributed by atoms with Crippen molar-refractivity contribution < 1.29 is 4.79 Å². The van der Waals surface area contributed by atoms with Crippen molar-refractivity contribution in [3.8, 4) is 0 Å². The second-order valence-corrected chi connectivity index (χ2v) is 3.33. The van der Waals surface area contributed by atoms with Crippen molar-refractivity contribution in [2.75, 3.05) is 5.32 Å². The van der Waals surface area contributed by atoms with Gasteiger partial charge >= 0.3 is 0 Å². The molecule has 0 radical (unpaired) electrons. The van der Waals surface area contributed by atoms with Crippen LogP contribution in [0, 0.1) is 0 Å². The summed E-state index contributed by atoms with van der Waals surface area (Å²) in [5, 5.41) is 10.1. The number of carbonyl (C=O) groups is 1. The van der Waals surface area contributed by atoms with Gasteiger partial charge in [0.15, 0.2) is 5.82 Å². The molecule has 16 heavy (non-hydrogen) atoms. The molecular formula is C10H7ClN4O. The Hall–Kier alpha value is -2.01. The van der Waals surface area contributed by atoms with Crippen molar-refractivity contribution in [2.24, 2.45) is 0 Å². The number of anilines is 1. The first-order valence-electron chi connectivity index (χ1n) is 4.46. The Morgan fingerprint density at radius 1 is 1.25 bits per heavy atom. The van der Waals surface area contributed by atoms with E-state index in [1.54, 1.807) is 24.4 Å². The van der Waals surface area contributed by atoms with Crippen LogP contribution in [0.5, 0.6) is 0 Å². The Bertz CT molecular complexity index is 503. The normalized spacial score (nSPS) is 9.81. The Balaban J connectivity index is 2.18. The van der Waals surface area contributed by atoms with Crippen LogP contribution in [0.3, 0.4) is 0 Å². The van der Waals surface area contributed by atoms with Gasteiger partial charge in [0.25, 0.3) is 5.91 Å². The lowest BCUT2D eigenvalue weighted by atomic mass is 10.3. The largest absolute Gasteiger partial charge is 0.305 e. The highest BCUT2D eigenvalue weighted by Crippen LogP contribution is 2.17. The summed E-state index contributed by atoms with van der Waals surface area (Å²) in [6.45, 7) is 0. The Morgan fingerprint density at radius 2 is 2.12 bits per heavy atom. The van der Waals surface area contributed by atoms with Crippen molar-refractivity contribution in [2.45, 2.75) is 0 Å². The molecule has 0 aliphatic carbocycles. The maximum atomic E-state index is 11.7. The zero-order valence-corrected chi connectivity index (χ0v) is 8.85.